The highest BCUT2D eigenvalue weighted by Gasteiger charge is 2.30. The molecule has 1 aromatic rings. The molecular weight excluding hydrogens is 280 g/mol. The van der Waals surface area contributed by atoms with Crippen LogP contribution in [0.2, 0.25) is 5.02 Å². The molecule has 1 aliphatic rings. The fraction of sp³-hybridized carbons (Fsp3) is 0.429. The van der Waals surface area contributed by atoms with Gasteiger partial charge >= 0.3 is 5.97 Å². The molecule has 0 aromatic heterocycles. The van der Waals surface area contributed by atoms with Gasteiger partial charge in [-0.2, -0.15) is 0 Å². The zero-order chi connectivity index (χ0) is 14.7. The molecule has 0 bridgehead atoms. The van der Waals surface area contributed by atoms with Gasteiger partial charge in [0.25, 0.3) is 0 Å². The molecule has 0 heterocycles. The molecule has 1 amide bonds. The van der Waals surface area contributed by atoms with Gasteiger partial charge in [0.1, 0.15) is 6.54 Å². The fourth-order valence-electron chi connectivity index (χ4n) is 1.99. The van der Waals surface area contributed by atoms with Gasteiger partial charge in [0.2, 0.25) is 5.91 Å². The van der Waals surface area contributed by atoms with E-state index in [-0.39, 0.29) is 19.0 Å². The lowest BCUT2D eigenvalue weighted by molar-refractivity contribution is -0.135. The van der Waals surface area contributed by atoms with E-state index in [0.29, 0.717) is 16.8 Å². The van der Waals surface area contributed by atoms with Crippen LogP contribution in [0.4, 0.5) is 5.69 Å². The van der Waals surface area contributed by atoms with Crippen LogP contribution >= 0.6 is 11.6 Å². The maximum Gasteiger partial charge on any atom is 0.323 e. The number of anilines is 1. The lowest BCUT2D eigenvalue weighted by Gasteiger charge is -2.25. The Kier molecular flexibility index (Phi) is 4.49. The van der Waals surface area contributed by atoms with Crippen LogP contribution in [-0.4, -0.2) is 48.1 Å². The zero-order valence-electron chi connectivity index (χ0n) is 11.3. The number of amides is 1. The number of carboxylic acid groups (broad SMARTS) is 1. The van der Waals surface area contributed by atoms with E-state index in [1.54, 1.807) is 41.1 Å². The predicted molar refractivity (Wildman–Crippen MR) is 77.1 cm³/mol. The largest absolute Gasteiger partial charge is 0.480 e. The van der Waals surface area contributed by atoms with Gasteiger partial charge in [-0.25, -0.2) is 0 Å². The van der Waals surface area contributed by atoms with Crippen molar-refractivity contribution < 1.29 is 14.7 Å². The molecule has 1 aromatic carbocycles. The summed E-state index contributed by atoms with van der Waals surface area (Å²) in [4.78, 5) is 26.3. The summed E-state index contributed by atoms with van der Waals surface area (Å²) in [7, 11) is 1.76. The van der Waals surface area contributed by atoms with Gasteiger partial charge in [-0.15, -0.1) is 0 Å². The van der Waals surface area contributed by atoms with Crippen molar-refractivity contribution in [1.29, 1.82) is 0 Å². The average Bonchev–Trinajstić information content (AvgIpc) is 3.21. The van der Waals surface area contributed by atoms with Crippen LogP contribution in [0.25, 0.3) is 0 Å². The van der Waals surface area contributed by atoms with Crippen molar-refractivity contribution >= 4 is 29.2 Å². The summed E-state index contributed by atoms with van der Waals surface area (Å²) in [6, 6.07) is 7.12. The molecule has 0 atom stereocenters. The van der Waals surface area contributed by atoms with Crippen molar-refractivity contribution in [3.63, 3.8) is 0 Å². The number of carbonyl (C=O) groups excluding carboxylic acids is 1. The summed E-state index contributed by atoms with van der Waals surface area (Å²) in [5.74, 6) is -1.04. The van der Waals surface area contributed by atoms with Crippen LogP contribution < -0.4 is 4.90 Å². The predicted octanol–water partition coefficient (Wildman–Crippen LogP) is 1.85. The molecule has 0 radical (unpaired) electrons. The van der Waals surface area contributed by atoms with Crippen LogP contribution in [0, 0.1) is 0 Å². The Morgan fingerprint density at radius 3 is 2.35 bits per heavy atom. The van der Waals surface area contributed by atoms with Gasteiger partial charge in [0.15, 0.2) is 0 Å². The number of benzene rings is 1. The van der Waals surface area contributed by atoms with Crippen molar-refractivity contribution in [2.45, 2.75) is 18.9 Å². The van der Waals surface area contributed by atoms with Gasteiger partial charge in [-0.1, -0.05) is 11.6 Å². The first-order valence-electron chi connectivity index (χ1n) is 6.45. The van der Waals surface area contributed by atoms with E-state index in [2.05, 4.69) is 0 Å². The summed E-state index contributed by atoms with van der Waals surface area (Å²) in [6.45, 7) is -0.160. The van der Waals surface area contributed by atoms with E-state index in [1.807, 2.05) is 0 Å². The third-order valence-corrected chi connectivity index (χ3v) is 3.58. The monoisotopic (exact) mass is 296 g/mol. The molecular formula is C14H17ClN2O3. The van der Waals surface area contributed by atoms with Crippen LogP contribution in [0.3, 0.4) is 0 Å². The number of aliphatic carboxylic acids is 1. The molecule has 0 spiro atoms. The Labute approximate surface area is 122 Å². The number of hydrogen-bond acceptors (Lipinski definition) is 3. The third kappa shape index (κ3) is 3.87. The summed E-state index contributed by atoms with van der Waals surface area (Å²) in [6.07, 6.45) is 2.06. The lowest BCUT2D eigenvalue weighted by atomic mass is 10.2. The normalized spacial score (nSPS) is 13.9. The van der Waals surface area contributed by atoms with Crippen LogP contribution in [0.15, 0.2) is 24.3 Å². The molecule has 1 fully saturated rings. The third-order valence-electron chi connectivity index (χ3n) is 3.33. The van der Waals surface area contributed by atoms with Crippen molar-refractivity contribution in [3.8, 4) is 0 Å². The highest BCUT2D eigenvalue weighted by Crippen LogP contribution is 2.26. The Morgan fingerprint density at radius 1 is 1.25 bits per heavy atom. The highest BCUT2D eigenvalue weighted by atomic mass is 35.5. The van der Waals surface area contributed by atoms with Gasteiger partial charge in [-0.05, 0) is 37.1 Å². The van der Waals surface area contributed by atoms with Gasteiger partial charge in [0.05, 0.1) is 6.54 Å². The second-order valence-electron chi connectivity index (χ2n) is 4.96. The van der Waals surface area contributed by atoms with E-state index in [4.69, 9.17) is 16.7 Å². The first kappa shape index (κ1) is 14.7. The summed E-state index contributed by atoms with van der Waals surface area (Å²) < 4.78 is 0. The Hall–Kier alpha value is -1.75. The standard InChI is InChI=1S/C14H17ClN2O3/c1-16(11-6-7-11)13(18)8-17(9-14(19)20)12-4-2-10(15)3-5-12/h2-5,11H,6-9H2,1H3,(H,19,20). The summed E-state index contributed by atoms with van der Waals surface area (Å²) in [5, 5.41) is 9.55. The van der Waals surface area contributed by atoms with Crippen molar-refractivity contribution in [2.75, 3.05) is 25.0 Å². The van der Waals surface area contributed by atoms with Crippen LogP contribution in [-0.2, 0) is 9.59 Å². The van der Waals surface area contributed by atoms with E-state index >= 15 is 0 Å². The van der Waals surface area contributed by atoms with Gasteiger partial charge < -0.3 is 14.9 Å². The number of carbonyl (C=O) groups is 2. The van der Waals surface area contributed by atoms with E-state index < -0.39 is 5.97 Å². The first-order chi connectivity index (χ1) is 9.47. The molecule has 2 rings (SSSR count). The van der Waals surface area contributed by atoms with Gasteiger partial charge in [0, 0.05) is 23.8 Å². The highest BCUT2D eigenvalue weighted by molar-refractivity contribution is 6.30. The second-order valence-corrected chi connectivity index (χ2v) is 5.40. The minimum absolute atomic E-state index is 0.0565. The molecule has 1 aliphatic carbocycles. The molecule has 20 heavy (non-hydrogen) atoms. The van der Waals surface area contributed by atoms with E-state index in [0.717, 1.165) is 12.8 Å². The second kappa shape index (κ2) is 6.13. The van der Waals surface area contributed by atoms with E-state index in [9.17, 15) is 9.59 Å². The number of likely N-dealkylation sites (N-methyl/N-ethyl adjacent to an activating group) is 1. The molecule has 0 aliphatic heterocycles. The number of rotatable bonds is 6. The first-order valence-corrected chi connectivity index (χ1v) is 6.83. The topological polar surface area (TPSA) is 60.9 Å². The number of nitrogens with zero attached hydrogens (tertiary/aromatic N) is 2. The molecule has 1 saturated carbocycles. The SMILES string of the molecule is CN(C(=O)CN(CC(=O)O)c1ccc(Cl)cc1)C1CC1. The molecule has 5 nitrogen and oxygen atoms in total. The maximum absolute atomic E-state index is 12.1. The van der Waals surface area contributed by atoms with Crippen molar-refractivity contribution in [1.82, 2.24) is 4.90 Å². The lowest BCUT2D eigenvalue weighted by Crippen LogP contribution is -2.41. The summed E-state index contributed by atoms with van der Waals surface area (Å²) >= 11 is 5.82. The molecule has 108 valence electrons. The summed E-state index contributed by atoms with van der Waals surface area (Å²) in [5.41, 5.74) is 0.675. The Morgan fingerprint density at radius 2 is 1.85 bits per heavy atom. The average molecular weight is 297 g/mol. The molecule has 0 unspecified atom stereocenters. The van der Waals surface area contributed by atoms with Crippen molar-refractivity contribution in [2.24, 2.45) is 0 Å². The fourth-order valence-corrected chi connectivity index (χ4v) is 2.12. The molecule has 1 N–H and O–H groups in total. The zero-order valence-corrected chi connectivity index (χ0v) is 12.0. The maximum atomic E-state index is 12.1. The number of hydrogen-bond donors (Lipinski definition) is 1. The Balaban J connectivity index is 2.08. The molecule has 6 heteroatoms. The number of halogens is 1. The van der Waals surface area contributed by atoms with Crippen molar-refractivity contribution in [3.05, 3.63) is 29.3 Å². The quantitative estimate of drug-likeness (QED) is 0.870. The minimum atomic E-state index is -0.971. The van der Waals surface area contributed by atoms with Crippen LogP contribution in [0.1, 0.15) is 12.8 Å². The van der Waals surface area contributed by atoms with Crippen LogP contribution in [0.5, 0.6) is 0 Å². The Bertz CT molecular complexity index is 500. The van der Waals surface area contributed by atoms with Gasteiger partial charge in [-0.3, -0.25) is 9.59 Å². The minimum Gasteiger partial charge on any atom is -0.480 e. The smallest absolute Gasteiger partial charge is 0.323 e. The molecule has 0 saturated heterocycles. The van der Waals surface area contributed by atoms with E-state index in [1.165, 1.54) is 0 Å². The number of carboxylic acids is 1.